The van der Waals surface area contributed by atoms with Gasteiger partial charge in [0.25, 0.3) is 11.7 Å². The number of amides is 2. The normalized spacial score (nSPS) is 16.0. The molecule has 7 heteroatoms. The lowest BCUT2D eigenvalue weighted by molar-refractivity contribution is -0.117. The van der Waals surface area contributed by atoms with Gasteiger partial charge >= 0.3 is 0 Å². The first-order chi connectivity index (χ1) is 12.4. The smallest absolute Gasteiger partial charge is 0.299 e. The van der Waals surface area contributed by atoms with Gasteiger partial charge in [-0.05, 0) is 48.7 Å². The molecular formula is C19H14Cl2N2O3. The summed E-state index contributed by atoms with van der Waals surface area (Å²) in [6, 6.07) is 10.0. The van der Waals surface area contributed by atoms with Crippen molar-refractivity contribution in [3.8, 4) is 0 Å². The van der Waals surface area contributed by atoms with Crippen LogP contribution in [0.2, 0.25) is 10.0 Å². The molecule has 132 valence electrons. The van der Waals surface area contributed by atoms with Gasteiger partial charge in [0, 0.05) is 11.6 Å². The molecule has 1 saturated carbocycles. The molecule has 0 unspecified atom stereocenters. The number of hydrogen-bond donors (Lipinski definition) is 1. The molecular weight excluding hydrogens is 375 g/mol. The number of anilines is 2. The van der Waals surface area contributed by atoms with Crippen molar-refractivity contribution >= 4 is 52.2 Å². The zero-order valence-corrected chi connectivity index (χ0v) is 15.1. The number of benzene rings is 2. The molecule has 1 aliphatic heterocycles. The van der Waals surface area contributed by atoms with Crippen molar-refractivity contribution in [2.24, 2.45) is 5.92 Å². The van der Waals surface area contributed by atoms with Crippen LogP contribution in [-0.4, -0.2) is 17.6 Å². The van der Waals surface area contributed by atoms with E-state index in [4.69, 9.17) is 23.2 Å². The van der Waals surface area contributed by atoms with Crippen molar-refractivity contribution in [2.75, 3.05) is 10.2 Å². The Morgan fingerprint density at radius 3 is 2.54 bits per heavy atom. The molecule has 0 aromatic heterocycles. The Hall–Kier alpha value is -2.37. The van der Waals surface area contributed by atoms with Crippen LogP contribution in [0.4, 0.5) is 11.4 Å². The first-order valence-corrected chi connectivity index (χ1v) is 8.94. The number of hydrogen-bond acceptors (Lipinski definition) is 3. The second kappa shape index (κ2) is 6.41. The van der Waals surface area contributed by atoms with Crippen molar-refractivity contribution in [2.45, 2.75) is 19.4 Å². The quantitative estimate of drug-likeness (QED) is 0.802. The van der Waals surface area contributed by atoms with E-state index in [9.17, 15) is 14.4 Å². The predicted molar refractivity (Wildman–Crippen MR) is 99.8 cm³/mol. The van der Waals surface area contributed by atoms with Gasteiger partial charge < -0.3 is 10.2 Å². The number of carbonyl (C=O) groups is 3. The third-order valence-electron chi connectivity index (χ3n) is 4.51. The topological polar surface area (TPSA) is 66.5 Å². The summed E-state index contributed by atoms with van der Waals surface area (Å²) in [6.07, 6.45) is 1.79. The van der Waals surface area contributed by atoms with Crippen molar-refractivity contribution in [1.82, 2.24) is 0 Å². The summed E-state index contributed by atoms with van der Waals surface area (Å²) < 4.78 is 0. The van der Waals surface area contributed by atoms with Crippen LogP contribution in [0.5, 0.6) is 0 Å². The zero-order chi connectivity index (χ0) is 18.4. The Kier molecular flexibility index (Phi) is 4.21. The number of fused-ring (bicyclic) bond motifs is 1. The first kappa shape index (κ1) is 17.1. The lowest BCUT2D eigenvalue weighted by Crippen LogP contribution is -2.29. The molecule has 0 bridgehead atoms. The Bertz CT molecular complexity index is 954. The van der Waals surface area contributed by atoms with E-state index in [1.54, 1.807) is 36.4 Å². The Balaban J connectivity index is 1.60. The number of ketones is 1. The summed E-state index contributed by atoms with van der Waals surface area (Å²) in [4.78, 5) is 38.0. The molecule has 0 saturated heterocycles. The van der Waals surface area contributed by atoms with Crippen molar-refractivity contribution in [3.63, 3.8) is 0 Å². The molecule has 2 aromatic rings. The molecule has 0 radical (unpaired) electrons. The fraction of sp³-hybridized carbons (Fsp3) is 0.211. The van der Waals surface area contributed by atoms with Gasteiger partial charge in [0.2, 0.25) is 5.91 Å². The molecule has 1 N–H and O–H groups in total. The first-order valence-electron chi connectivity index (χ1n) is 8.19. The van der Waals surface area contributed by atoms with Gasteiger partial charge in [-0.3, -0.25) is 14.4 Å². The summed E-state index contributed by atoms with van der Waals surface area (Å²) >= 11 is 11.9. The van der Waals surface area contributed by atoms with E-state index in [-0.39, 0.29) is 18.4 Å². The van der Waals surface area contributed by atoms with E-state index in [0.29, 0.717) is 27.0 Å². The zero-order valence-electron chi connectivity index (χ0n) is 13.6. The summed E-state index contributed by atoms with van der Waals surface area (Å²) in [5.74, 6) is -1.17. The van der Waals surface area contributed by atoms with Gasteiger partial charge in [-0.15, -0.1) is 0 Å². The maximum absolute atomic E-state index is 12.4. The molecule has 2 aliphatic rings. The van der Waals surface area contributed by atoms with Crippen LogP contribution >= 0.6 is 23.2 Å². The SMILES string of the molecule is O=C1C(=O)N(Cc2ccc(Cl)c(Cl)c2)c2ccc(NC(=O)C3CC3)cc21. The minimum Gasteiger partial charge on any atom is -0.326 e. The Morgan fingerprint density at radius 1 is 1.08 bits per heavy atom. The highest BCUT2D eigenvalue weighted by Gasteiger charge is 2.36. The molecule has 1 fully saturated rings. The second-order valence-corrected chi connectivity index (χ2v) is 7.28. The van der Waals surface area contributed by atoms with Gasteiger partial charge in [0.15, 0.2) is 0 Å². The highest BCUT2D eigenvalue weighted by atomic mass is 35.5. The number of carbonyl (C=O) groups excluding carboxylic acids is 3. The van der Waals surface area contributed by atoms with E-state index < -0.39 is 11.7 Å². The van der Waals surface area contributed by atoms with E-state index in [1.807, 2.05) is 0 Å². The predicted octanol–water partition coefficient (Wildman–Crippen LogP) is 4.07. The van der Waals surface area contributed by atoms with Crippen LogP contribution in [0.25, 0.3) is 0 Å². The minimum absolute atomic E-state index is 0.0469. The average Bonchev–Trinajstić information content (AvgIpc) is 3.44. The van der Waals surface area contributed by atoms with E-state index in [0.717, 1.165) is 18.4 Å². The van der Waals surface area contributed by atoms with Crippen LogP contribution in [-0.2, 0) is 16.1 Å². The van der Waals surface area contributed by atoms with Gasteiger partial charge in [-0.1, -0.05) is 29.3 Å². The molecule has 2 aromatic carbocycles. The largest absolute Gasteiger partial charge is 0.326 e. The minimum atomic E-state index is -0.600. The molecule has 2 amide bonds. The summed E-state index contributed by atoms with van der Waals surface area (Å²) in [7, 11) is 0. The Labute approximate surface area is 159 Å². The molecule has 5 nitrogen and oxygen atoms in total. The standard InChI is InChI=1S/C19H14Cl2N2O3/c20-14-5-1-10(7-15(14)21)9-23-16-6-4-12(22-18(25)11-2-3-11)8-13(16)17(24)19(23)26/h1,4-8,11H,2-3,9H2,(H,22,25). The summed E-state index contributed by atoms with van der Waals surface area (Å²) in [5, 5.41) is 3.61. The van der Waals surface area contributed by atoms with E-state index in [1.165, 1.54) is 4.90 Å². The highest BCUT2D eigenvalue weighted by Crippen LogP contribution is 2.35. The third kappa shape index (κ3) is 3.08. The fourth-order valence-corrected chi connectivity index (χ4v) is 3.27. The van der Waals surface area contributed by atoms with E-state index >= 15 is 0 Å². The lowest BCUT2D eigenvalue weighted by atomic mass is 10.1. The van der Waals surface area contributed by atoms with E-state index in [2.05, 4.69) is 5.32 Å². The number of rotatable bonds is 4. The number of Topliss-reactive ketones (excluding diaryl/α,β-unsaturated/α-hetero) is 1. The van der Waals surface area contributed by atoms with Crippen LogP contribution < -0.4 is 10.2 Å². The van der Waals surface area contributed by atoms with Gasteiger partial charge in [-0.25, -0.2) is 0 Å². The van der Waals surface area contributed by atoms with Crippen LogP contribution in [0.1, 0.15) is 28.8 Å². The molecule has 0 atom stereocenters. The highest BCUT2D eigenvalue weighted by molar-refractivity contribution is 6.52. The number of nitrogens with one attached hydrogen (secondary N) is 1. The molecule has 0 spiro atoms. The summed E-state index contributed by atoms with van der Waals surface area (Å²) in [6.45, 7) is 0.211. The van der Waals surface area contributed by atoms with Crippen molar-refractivity contribution in [3.05, 3.63) is 57.6 Å². The maximum atomic E-state index is 12.4. The maximum Gasteiger partial charge on any atom is 0.299 e. The number of nitrogens with zero attached hydrogens (tertiary/aromatic N) is 1. The molecule has 1 heterocycles. The van der Waals surface area contributed by atoms with Gasteiger partial charge in [0.05, 0.1) is 27.8 Å². The van der Waals surface area contributed by atoms with Gasteiger partial charge in [0.1, 0.15) is 0 Å². The van der Waals surface area contributed by atoms with Crippen LogP contribution in [0, 0.1) is 5.92 Å². The number of halogens is 2. The monoisotopic (exact) mass is 388 g/mol. The Morgan fingerprint density at radius 2 is 1.85 bits per heavy atom. The fourth-order valence-electron chi connectivity index (χ4n) is 2.95. The van der Waals surface area contributed by atoms with Crippen molar-refractivity contribution in [1.29, 1.82) is 0 Å². The van der Waals surface area contributed by atoms with Gasteiger partial charge in [-0.2, -0.15) is 0 Å². The molecule has 26 heavy (non-hydrogen) atoms. The lowest BCUT2D eigenvalue weighted by Gasteiger charge is -2.17. The van der Waals surface area contributed by atoms with Crippen LogP contribution in [0.15, 0.2) is 36.4 Å². The second-order valence-electron chi connectivity index (χ2n) is 6.46. The van der Waals surface area contributed by atoms with Crippen LogP contribution in [0.3, 0.4) is 0 Å². The third-order valence-corrected chi connectivity index (χ3v) is 5.25. The van der Waals surface area contributed by atoms with Crippen molar-refractivity contribution < 1.29 is 14.4 Å². The molecule has 4 rings (SSSR count). The summed E-state index contributed by atoms with van der Waals surface area (Å²) in [5.41, 5.74) is 2.11. The molecule has 1 aliphatic carbocycles. The average molecular weight is 389 g/mol.